The van der Waals surface area contributed by atoms with Gasteiger partial charge in [0.1, 0.15) is 29.6 Å². The van der Waals surface area contributed by atoms with Crippen LogP contribution in [0.4, 0.5) is 0 Å². The van der Waals surface area contributed by atoms with Gasteiger partial charge in [0.15, 0.2) is 5.69 Å². The van der Waals surface area contributed by atoms with Crippen LogP contribution in [0.25, 0.3) is 11.3 Å². The van der Waals surface area contributed by atoms with Crippen molar-refractivity contribution >= 4 is 17.1 Å². The quantitative estimate of drug-likeness (QED) is 0.562. The average molecular weight is 456 g/mol. The molecule has 168 valence electrons. The minimum absolute atomic E-state index is 0.188. The molecule has 1 saturated heterocycles. The molecule has 0 atom stereocenters. The zero-order chi connectivity index (χ0) is 22.7. The zero-order valence-electron chi connectivity index (χ0n) is 18.3. The molecule has 1 aliphatic heterocycles. The Morgan fingerprint density at radius 1 is 1.22 bits per heavy atom. The summed E-state index contributed by atoms with van der Waals surface area (Å²) in [5.41, 5.74) is 3.04. The Bertz CT molecular complexity index is 1080. The van der Waals surface area contributed by atoms with E-state index in [2.05, 4.69) is 25.7 Å². The van der Waals surface area contributed by atoms with Crippen molar-refractivity contribution in [3.8, 4) is 17.1 Å². The van der Waals surface area contributed by atoms with Crippen LogP contribution in [0.2, 0.25) is 0 Å². The predicted molar refractivity (Wildman–Crippen MR) is 119 cm³/mol. The molecule has 0 bridgehead atoms. The van der Waals surface area contributed by atoms with Gasteiger partial charge in [-0.15, -0.1) is 10.2 Å². The van der Waals surface area contributed by atoms with Gasteiger partial charge >= 0.3 is 0 Å². The fourth-order valence-corrected chi connectivity index (χ4v) is 4.99. The molecule has 0 saturated carbocycles. The van der Waals surface area contributed by atoms with E-state index in [1.165, 1.54) is 0 Å². The number of nitrogens with zero attached hydrogens (tertiary/aromatic N) is 4. The van der Waals surface area contributed by atoms with Crippen molar-refractivity contribution in [1.29, 1.82) is 0 Å². The summed E-state index contributed by atoms with van der Waals surface area (Å²) in [5.74, 6) is 1.82. The number of hydrogen-bond donors (Lipinski definition) is 1. The van der Waals surface area contributed by atoms with Crippen LogP contribution in [0, 0.1) is 13.8 Å². The summed E-state index contributed by atoms with van der Waals surface area (Å²) in [4.78, 5) is 16.9. The van der Waals surface area contributed by atoms with Gasteiger partial charge in [0.05, 0.1) is 5.56 Å². The molecular weight excluding hydrogens is 430 g/mol. The lowest BCUT2D eigenvalue weighted by Gasteiger charge is -2.34. The van der Waals surface area contributed by atoms with Gasteiger partial charge in [-0.1, -0.05) is 16.3 Å². The minimum Gasteiger partial charge on any atom is -0.616 e. The van der Waals surface area contributed by atoms with Crippen LogP contribution in [0.3, 0.4) is 0 Å². The molecule has 0 spiro atoms. The smallest absolute Gasteiger partial charge is 0.272 e. The summed E-state index contributed by atoms with van der Waals surface area (Å²) >= 11 is -0.792. The lowest BCUT2D eigenvalue weighted by atomic mass is 9.94. The Kier molecular flexibility index (Phi) is 6.43. The van der Waals surface area contributed by atoms with E-state index in [1.807, 2.05) is 32.9 Å². The second kappa shape index (κ2) is 9.25. The summed E-state index contributed by atoms with van der Waals surface area (Å²) in [5, 5.41) is 15.2. The van der Waals surface area contributed by atoms with Crippen LogP contribution in [0.15, 0.2) is 35.0 Å². The molecule has 10 heteroatoms. The molecule has 1 aliphatic rings. The van der Waals surface area contributed by atoms with Gasteiger partial charge in [-0.2, -0.15) is 0 Å². The third kappa shape index (κ3) is 5.08. The first-order valence-electron chi connectivity index (χ1n) is 10.4. The number of rotatable bonds is 6. The molecule has 0 radical (unpaired) electrons. The standard InChI is InChI=1S/C22H25N5O4S/c1-14-4-5-16(12-23-14)20-17(15(2)31-27-20)13-30-19-7-6-18(25-26-19)21(28)24-22(3)8-10-32(29)11-9-22/h4-7,12H,8-11,13H2,1-3H3,(H,24,28). The number of pyridine rings is 1. The van der Waals surface area contributed by atoms with Crippen LogP contribution in [-0.2, 0) is 17.8 Å². The van der Waals surface area contributed by atoms with Gasteiger partial charge in [0.2, 0.25) is 5.88 Å². The van der Waals surface area contributed by atoms with E-state index in [4.69, 9.17) is 9.26 Å². The van der Waals surface area contributed by atoms with Gasteiger partial charge in [-0.25, -0.2) is 0 Å². The number of amides is 1. The van der Waals surface area contributed by atoms with Crippen molar-refractivity contribution in [2.24, 2.45) is 0 Å². The number of aryl methyl sites for hydroxylation is 2. The summed E-state index contributed by atoms with van der Waals surface area (Å²) in [6.07, 6.45) is 3.10. The van der Waals surface area contributed by atoms with Crippen molar-refractivity contribution < 1.29 is 18.6 Å². The number of nitrogens with one attached hydrogen (secondary N) is 1. The zero-order valence-corrected chi connectivity index (χ0v) is 19.1. The lowest BCUT2D eigenvalue weighted by Crippen LogP contribution is -2.51. The maximum Gasteiger partial charge on any atom is 0.272 e. The minimum atomic E-state index is -0.792. The van der Waals surface area contributed by atoms with Crippen molar-refractivity contribution in [2.45, 2.75) is 45.8 Å². The van der Waals surface area contributed by atoms with E-state index in [-0.39, 0.29) is 29.6 Å². The number of aromatic nitrogens is 4. The molecule has 0 unspecified atom stereocenters. The number of hydrogen-bond acceptors (Lipinski definition) is 8. The highest BCUT2D eigenvalue weighted by molar-refractivity contribution is 7.91. The van der Waals surface area contributed by atoms with Crippen LogP contribution in [-0.4, -0.2) is 47.8 Å². The Morgan fingerprint density at radius 3 is 2.66 bits per heavy atom. The van der Waals surface area contributed by atoms with E-state index in [1.54, 1.807) is 18.3 Å². The normalized spacial score (nSPS) is 20.7. The molecule has 1 N–H and O–H groups in total. The molecule has 1 fully saturated rings. The Morgan fingerprint density at radius 2 is 2.00 bits per heavy atom. The third-order valence-corrected chi connectivity index (χ3v) is 6.90. The first-order chi connectivity index (χ1) is 15.3. The number of carbonyl (C=O) groups excluding carboxylic acids is 1. The molecule has 0 aliphatic carbocycles. The highest BCUT2D eigenvalue weighted by atomic mass is 32.2. The maximum atomic E-state index is 12.6. The van der Waals surface area contributed by atoms with E-state index in [9.17, 15) is 9.35 Å². The topological polar surface area (TPSA) is 126 Å². The predicted octanol–water partition coefficient (Wildman–Crippen LogP) is 2.75. The molecule has 4 heterocycles. The lowest BCUT2D eigenvalue weighted by molar-refractivity contribution is 0.0893. The molecule has 9 nitrogen and oxygen atoms in total. The molecule has 3 aromatic rings. The maximum absolute atomic E-state index is 12.6. The summed E-state index contributed by atoms with van der Waals surface area (Å²) in [7, 11) is 0. The third-order valence-electron chi connectivity index (χ3n) is 5.58. The molecule has 1 amide bonds. The average Bonchev–Trinajstić information content (AvgIpc) is 3.15. The molecule has 0 aromatic carbocycles. The Labute approximate surface area is 189 Å². The van der Waals surface area contributed by atoms with Gasteiger partial charge < -0.3 is 19.1 Å². The molecule has 3 aromatic heterocycles. The van der Waals surface area contributed by atoms with Crippen LogP contribution >= 0.6 is 0 Å². The van der Waals surface area contributed by atoms with Crippen molar-refractivity contribution in [2.75, 3.05) is 11.5 Å². The van der Waals surface area contributed by atoms with E-state index < -0.39 is 11.2 Å². The van der Waals surface area contributed by atoms with Crippen LogP contribution in [0.5, 0.6) is 5.88 Å². The van der Waals surface area contributed by atoms with Gasteiger partial charge in [0, 0.05) is 41.9 Å². The summed E-state index contributed by atoms with van der Waals surface area (Å²) in [6.45, 7) is 5.89. The van der Waals surface area contributed by atoms with E-state index >= 15 is 0 Å². The molecule has 4 rings (SSSR count). The second-order valence-electron chi connectivity index (χ2n) is 8.16. The first-order valence-corrected chi connectivity index (χ1v) is 11.8. The van der Waals surface area contributed by atoms with Gasteiger partial charge in [-0.3, -0.25) is 9.78 Å². The summed E-state index contributed by atoms with van der Waals surface area (Å²) < 4.78 is 22.7. The van der Waals surface area contributed by atoms with Crippen molar-refractivity contribution in [1.82, 2.24) is 25.7 Å². The SMILES string of the molecule is Cc1ccc(-c2noc(C)c2COc2ccc(C(=O)NC3(C)CC[S+]([O-])CC3)nn2)cn1. The highest BCUT2D eigenvalue weighted by Crippen LogP contribution is 2.26. The highest BCUT2D eigenvalue weighted by Gasteiger charge is 2.34. The second-order valence-corrected chi connectivity index (χ2v) is 9.86. The first kappa shape index (κ1) is 22.2. The van der Waals surface area contributed by atoms with Crippen molar-refractivity contribution in [3.05, 3.63) is 53.2 Å². The summed E-state index contributed by atoms with van der Waals surface area (Å²) in [6, 6.07) is 7.02. The number of ether oxygens (including phenoxy) is 1. The van der Waals surface area contributed by atoms with E-state index in [0.717, 1.165) is 16.8 Å². The van der Waals surface area contributed by atoms with Crippen LogP contribution in [0.1, 0.15) is 47.3 Å². The largest absolute Gasteiger partial charge is 0.616 e. The van der Waals surface area contributed by atoms with Crippen LogP contribution < -0.4 is 10.1 Å². The monoisotopic (exact) mass is 455 g/mol. The van der Waals surface area contributed by atoms with Crippen molar-refractivity contribution in [3.63, 3.8) is 0 Å². The fourth-order valence-electron chi connectivity index (χ4n) is 3.43. The Balaban J connectivity index is 1.39. The molecule has 32 heavy (non-hydrogen) atoms. The Hall–Kier alpha value is -2.98. The number of carbonyl (C=O) groups is 1. The van der Waals surface area contributed by atoms with Gasteiger partial charge in [0.25, 0.3) is 5.91 Å². The molecular formula is C22H25N5O4S. The van der Waals surface area contributed by atoms with E-state index in [0.29, 0.717) is 35.8 Å². The van der Waals surface area contributed by atoms with Gasteiger partial charge in [-0.05, 0) is 39.0 Å². The fraction of sp³-hybridized carbons (Fsp3) is 0.409.